The fraction of sp³-hybridized carbons (Fsp3) is 0.412. The van der Waals surface area contributed by atoms with Crippen molar-refractivity contribution in [2.45, 2.75) is 30.0 Å². The molecule has 1 atom stereocenters. The Labute approximate surface area is 162 Å². The number of imidazole rings is 1. The first-order valence-corrected chi connectivity index (χ1v) is 10.2. The monoisotopic (exact) mass is 404 g/mol. The van der Waals surface area contributed by atoms with Crippen LogP contribution < -0.4 is 5.32 Å². The van der Waals surface area contributed by atoms with E-state index in [1.54, 1.807) is 30.1 Å². The minimum atomic E-state index is -3.70. The number of carbonyl (C=O) groups excluding carboxylic acids is 1. The zero-order chi connectivity index (χ0) is 19.8. The minimum absolute atomic E-state index is 0.000373. The summed E-state index contributed by atoms with van der Waals surface area (Å²) in [5, 5.41) is 6.71. The molecule has 1 fully saturated rings. The summed E-state index contributed by atoms with van der Waals surface area (Å²) in [6.07, 6.45) is 6.96. The van der Waals surface area contributed by atoms with Crippen LogP contribution in [0.25, 0.3) is 0 Å². The lowest BCUT2D eigenvalue weighted by Gasteiger charge is -2.21. The van der Waals surface area contributed by atoms with Gasteiger partial charge in [-0.1, -0.05) is 11.2 Å². The number of nitrogens with one attached hydrogen (secondary N) is 1. The summed E-state index contributed by atoms with van der Waals surface area (Å²) in [6, 6.07) is 3.65. The number of pyridine rings is 1. The Balaban J connectivity index is 1.37. The molecule has 11 heteroatoms. The average molecular weight is 404 g/mol. The summed E-state index contributed by atoms with van der Waals surface area (Å²) < 4.78 is 28.4. The summed E-state index contributed by atoms with van der Waals surface area (Å²) >= 11 is 0. The molecule has 0 bridgehead atoms. The Morgan fingerprint density at radius 1 is 1.43 bits per heavy atom. The van der Waals surface area contributed by atoms with Crippen LogP contribution in [0.15, 0.2) is 47.2 Å². The van der Waals surface area contributed by atoms with Crippen molar-refractivity contribution >= 4 is 21.6 Å². The molecule has 2 aliphatic heterocycles. The minimum Gasteiger partial charge on any atom is -0.387 e. The second-order valence-electron chi connectivity index (χ2n) is 7.00. The number of oxime groups is 1. The lowest BCUT2D eigenvalue weighted by molar-refractivity contribution is -0.115. The molecule has 2 aromatic heterocycles. The van der Waals surface area contributed by atoms with Crippen molar-refractivity contribution in [3.05, 3.63) is 42.6 Å². The molecule has 0 radical (unpaired) electrons. The molecule has 1 amide bonds. The molecule has 1 spiro atoms. The second kappa shape index (κ2) is 6.99. The van der Waals surface area contributed by atoms with E-state index >= 15 is 0 Å². The van der Waals surface area contributed by atoms with Gasteiger partial charge in [0.1, 0.15) is 5.71 Å². The zero-order valence-electron chi connectivity index (χ0n) is 15.3. The predicted molar refractivity (Wildman–Crippen MR) is 98.5 cm³/mol. The predicted octanol–water partition coefficient (Wildman–Crippen LogP) is 0.0410. The van der Waals surface area contributed by atoms with Crippen LogP contribution in [-0.4, -0.2) is 57.6 Å². The molecule has 0 aliphatic carbocycles. The summed E-state index contributed by atoms with van der Waals surface area (Å²) in [4.78, 5) is 25.8. The van der Waals surface area contributed by atoms with Gasteiger partial charge < -0.3 is 14.7 Å². The number of rotatable bonds is 5. The van der Waals surface area contributed by atoms with E-state index in [0.717, 1.165) is 5.56 Å². The van der Waals surface area contributed by atoms with E-state index in [1.165, 1.54) is 16.8 Å². The van der Waals surface area contributed by atoms with Crippen LogP contribution in [0.5, 0.6) is 0 Å². The molecule has 0 saturated carbocycles. The smallest absolute Gasteiger partial charge is 0.269 e. The maximum Gasteiger partial charge on any atom is 0.269 e. The van der Waals surface area contributed by atoms with Gasteiger partial charge in [-0.15, -0.1) is 0 Å². The quantitative estimate of drug-likeness (QED) is 0.752. The van der Waals surface area contributed by atoms with E-state index in [9.17, 15) is 13.2 Å². The van der Waals surface area contributed by atoms with E-state index in [2.05, 4.69) is 20.4 Å². The molecule has 2 aromatic rings. The molecular formula is C17H20N6O4S. The maximum absolute atomic E-state index is 12.7. The third-order valence-electron chi connectivity index (χ3n) is 4.84. The van der Waals surface area contributed by atoms with Crippen molar-refractivity contribution in [2.75, 3.05) is 13.1 Å². The molecule has 148 valence electrons. The Morgan fingerprint density at radius 3 is 3.00 bits per heavy atom. The number of hydrogen-bond donors (Lipinski definition) is 1. The van der Waals surface area contributed by atoms with Crippen molar-refractivity contribution in [1.82, 2.24) is 24.2 Å². The molecule has 1 N–H and O–H groups in total. The number of carbonyl (C=O) groups is 1. The van der Waals surface area contributed by atoms with Crippen LogP contribution in [0.1, 0.15) is 18.4 Å². The van der Waals surface area contributed by atoms with E-state index < -0.39 is 15.6 Å². The van der Waals surface area contributed by atoms with E-state index in [4.69, 9.17) is 4.84 Å². The Bertz CT molecular complexity index is 1020. The van der Waals surface area contributed by atoms with Crippen LogP contribution in [0.4, 0.5) is 0 Å². The lowest BCUT2D eigenvalue weighted by Crippen LogP contribution is -2.38. The molecule has 2 aliphatic rings. The van der Waals surface area contributed by atoms with Crippen LogP contribution in [-0.2, 0) is 33.2 Å². The highest BCUT2D eigenvalue weighted by molar-refractivity contribution is 7.89. The fourth-order valence-corrected chi connectivity index (χ4v) is 4.80. The van der Waals surface area contributed by atoms with Gasteiger partial charge in [0.05, 0.1) is 12.9 Å². The van der Waals surface area contributed by atoms with Gasteiger partial charge in [0.15, 0.2) is 10.6 Å². The van der Waals surface area contributed by atoms with Crippen molar-refractivity contribution < 1.29 is 18.0 Å². The second-order valence-corrected chi connectivity index (χ2v) is 8.88. The van der Waals surface area contributed by atoms with Gasteiger partial charge in [0, 0.05) is 51.6 Å². The Morgan fingerprint density at radius 2 is 2.29 bits per heavy atom. The summed E-state index contributed by atoms with van der Waals surface area (Å²) in [7, 11) is -1.99. The highest BCUT2D eigenvalue weighted by Gasteiger charge is 2.50. The highest BCUT2D eigenvalue weighted by atomic mass is 32.2. The number of aromatic nitrogens is 3. The third-order valence-corrected chi connectivity index (χ3v) is 6.57. The van der Waals surface area contributed by atoms with Gasteiger partial charge in [-0.05, 0) is 11.6 Å². The average Bonchev–Trinajstić information content (AvgIpc) is 3.42. The van der Waals surface area contributed by atoms with Crippen LogP contribution in [0, 0.1) is 0 Å². The largest absolute Gasteiger partial charge is 0.387 e. The third kappa shape index (κ3) is 3.50. The summed E-state index contributed by atoms with van der Waals surface area (Å²) in [6.45, 7) is 0.757. The standard InChI is InChI=1S/C17H20N6O4S/c1-22-10-15(20-12-22)28(25,26)23-6-4-17(11-23)7-14(21-27-17)16(24)19-9-13-3-2-5-18-8-13/h2-3,5,8,10,12H,4,6-7,9,11H2,1H3,(H,19,24)/t17-/m1/s1. The maximum atomic E-state index is 12.7. The van der Waals surface area contributed by atoms with Crippen LogP contribution in [0.3, 0.4) is 0 Å². The van der Waals surface area contributed by atoms with Crippen LogP contribution >= 0.6 is 0 Å². The zero-order valence-corrected chi connectivity index (χ0v) is 16.1. The molecule has 4 heterocycles. The van der Waals surface area contributed by atoms with Gasteiger partial charge in [0.25, 0.3) is 15.9 Å². The first-order chi connectivity index (χ1) is 13.4. The summed E-state index contributed by atoms with van der Waals surface area (Å²) in [5.41, 5.74) is 0.336. The van der Waals surface area contributed by atoms with Crippen molar-refractivity contribution in [1.29, 1.82) is 0 Å². The van der Waals surface area contributed by atoms with Gasteiger partial charge in [-0.25, -0.2) is 13.4 Å². The number of sulfonamides is 1. The summed E-state index contributed by atoms with van der Waals surface area (Å²) in [5.74, 6) is -0.327. The molecule has 4 rings (SSSR count). The fourth-order valence-electron chi connectivity index (χ4n) is 3.32. The molecule has 10 nitrogen and oxygen atoms in total. The first kappa shape index (κ1) is 18.6. The van der Waals surface area contributed by atoms with E-state index in [1.807, 2.05) is 6.07 Å². The molecule has 0 aromatic carbocycles. The van der Waals surface area contributed by atoms with E-state index in [0.29, 0.717) is 19.5 Å². The molecular weight excluding hydrogens is 384 g/mol. The number of amides is 1. The van der Waals surface area contributed by atoms with E-state index in [-0.39, 0.29) is 29.6 Å². The van der Waals surface area contributed by atoms with Crippen molar-refractivity contribution in [3.63, 3.8) is 0 Å². The SMILES string of the molecule is Cn1cnc(S(=O)(=O)N2CC[C@@]3(CC(C(=O)NCc4cccnc4)=NO3)C2)c1. The number of hydrogen-bond acceptors (Lipinski definition) is 7. The van der Waals surface area contributed by atoms with Gasteiger partial charge >= 0.3 is 0 Å². The van der Waals surface area contributed by atoms with Crippen molar-refractivity contribution in [2.24, 2.45) is 12.2 Å². The van der Waals surface area contributed by atoms with Gasteiger partial charge in [0.2, 0.25) is 0 Å². The van der Waals surface area contributed by atoms with Gasteiger partial charge in [-0.3, -0.25) is 9.78 Å². The molecule has 1 saturated heterocycles. The number of nitrogens with zero attached hydrogens (tertiary/aromatic N) is 5. The van der Waals surface area contributed by atoms with Gasteiger partial charge in [-0.2, -0.15) is 4.31 Å². The normalized spacial score (nSPS) is 22.2. The lowest BCUT2D eigenvalue weighted by atomic mass is 9.96. The van der Waals surface area contributed by atoms with Crippen molar-refractivity contribution in [3.8, 4) is 0 Å². The highest BCUT2D eigenvalue weighted by Crippen LogP contribution is 2.36. The first-order valence-electron chi connectivity index (χ1n) is 8.78. The van der Waals surface area contributed by atoms with Crippen LogP contribution in [0.2, 0.25) is 0 Å². The Hall–Kier alpha value is -2.79. The molecule has 28 heavy (non-hydrogen) atoms. The molecule has 0 unspecified atom stereocenters. The number of aryl methyl sites for hydroxylation is 1. The Kier molecular flexibility index (Phi) is 4.63. The topological polar surface area (TPSA) is 119 Å².